The fourth-order valence-electron chi connectivity index (χ4n) is 3.68. The van der Waals surface area contributed by atoms with Crippen LogP contribution in [0.15, 0.2) is 72.8 Å². The predicted molar refractivity (Wildman–Crippen MR) is 129 cm³/mol. The van der Waals surface area contributed by atoms with E-state index in [9.17, 15) is 9.59 Å². The lowest BCUT2D eigenvalue weighted by molar-refractivity contribution is -0.110. The fourth-order valence-corrected chi connectivity index (χ4v) is 3.68. The molecule has 33 heavy (non-hydrogen) atoms. The van der Waals surface area contributed by atoms with Crippen LogP contribution in [0, 0.1) is 0 Å². The third-order valence-electron chi connectivity index (χ3n) is 5.14. The second-order valence-electron chi connectivity index (χ2n) is 7.89. The number of methoxy groups -OCH3 is 1. The second-order valence-corrected chi connectivity index (χ2v) is 7.89. The average Bonchev–Trinajstić information content (AvgIpc) is 3.13. The van der Waals surface area contributed by atoms with Crippen LogP contribution < -0.4 is 15.4 Å². The first-order chi connectivity index (χ1) is 15.9. The van der Waals surface area contributed by atoms with E-state index < -0.39 is 6.16 Å². The normalized spacial score (nSPS) is 13.9. The van der Waals surface area contributed by atoms with E-state index in [1.807, 2.05) is 56.6 Å². The van der Waals surface area contributed by atoms with E-state index in [4.69, 9.17) is 4.74 Å². The fraction of sp³-hybridized carbons (Fsp3) is 0.154. The number of ether oxygens (including phenoxy) is 2. The number of nitrogens with one attached hydrogen (secondary N) is 2. The number of hydrogen-bond donors (Lipinski definition) is 2. The van der Waals surface area contributed by atoms with Crippen LogP contribution in [-0.4, -0.2) is 38.2 Å². The molecule has 3 aromatic carbocycles. The third-order valence-corrected chi connectivity index (χ3v) is 5.14. The molecule has 0 unspecified atom stereocenters. The van der Waals surface area contributed by atoms with E-state index in [2.05, 4.69) is 32.4 Å². The molecule has 0 bridgehead atoms. The van der Waals surface area contributed by atoms with Crippen molar-refractivity contribution >= 4 is 34.7 Å². The lowest BCUT2D eigenvalue weighted by Gasteiger charge is -2.16. The topological polar surface area (TPSA) is 79.9 Å². The Labute approximate surface area is 192 Å². The molecule has 3 aromatic rings. The summed E-state index contributed by atoms with van der Waals surface area (Å²) in [6, 6.07) is 22.7. The molecule has 1 amide bonds. The molecule has 2 N–H and O–H groups in total. The SMILES string of the molecule is COC(=O)Oc1ccc2c(c1)/C(=C(/Nc1ccc(CN(C)C)cc1)c1ccccc1)C(=O)N2. The molecular formula is C26H25N3O4. The third kappa shape index (κ3) is 5.05. The Hall–Kier alpha value is -4.10. The van der Waals surface area contributed by atoms with Crippen LogP contribution in [-0.2, 0) is 16.1 Å². The van der Waals surface area contributed by atoms with Crippen molar-refractivity contribution in [2.75, 3.05) is 31.8 Å². The molecule has 168 valence electrons. The summed E-state index contributed by atoms with van der Waals surface area (Å²) < 4.78 is 9.75. The molecule has 0 saturated heterocycles. The molecule has 1 heterocycles. The van der Waals surface area contributed by atoms with Crippen molar-refractivity contribution in [1.82, 2.24) is 4.90 Å². The monoisotopic (exact) mass is 443 g/mol. The average molecular weight is 444 g/mol. The predicted octanol–water partition coefficient (Wildman–Crippen LogP) is 4.83. The number of benzene rings is 3. The van der Waals surface area contributed by atoms with E-state index in [-0.39, 0.29) is 11.7 Å². The minimum atomic E-state index is -0.822. The van der Waals surface area contributed by atoms with Gasteiger partial charge in [0.25, 0.3) is 5.91 Å². The van der Waals surface area contributed by atoms with E-state index >= 15 is 0 Å². The van der Waals surface area contributed by atoms with Gasteiger partial charge >= 0.3 is 6.16 Å². The zero-order chi connectivity index (χ0) is 23.4. The number of amides is 1. The van der Waals surface area contributed by atoms with Crippen molar-refractivity contribution in [1.29, 1.82) is 0 Å². The highest BCUT2D eigenvalue weighted by Gasteiger charge is 2.29. The Morgan fingerprint density at radius 3 is 2.39 bits per heavy atom. The Morgan fingerprint density at radius 2 is 1.73 bits per heavy atom. The standard InChI is InChI=1S/C26H25N3O4/c1-29(2)16-17-9-11-19(12-10-17)27-24(18-7-5-4-6-8-18)23-21-15-20(33-26(31)32-3)13-14-22(21)28-25(23)30/h4-15,27H,16H2,1-3H3,(H,28,30)/b24-23-. The number of nitrogens with zero attached hydrogens (tertiary/aromatic N) is 1. The smallest absolute Gasteiger partial charge is 0.437 e. The van der Waals surface area contributed by atoms with E-state index in [0.29, 0.717) is 22.5 Å². The summed E-state index contributed by atoms with van der Waals surface area (Å²) in [5.41, 5.74) is 5.29. The number of hydrogen-bond acceptors (Lipinski definition) is 6. The summed E-state index contributed by atoms with van der Waals surface area (Å²) in [5, 5.41) is 6.33. The van der Waals surface area contributed by atoms with Crippen molar-refractivity contribution in [2.24, 2.45) is 0 Å². The number of carbonyl (C=O) groups is 2. The van der Waals surface area contributed by atoms with Crippen LogP contribution in [0.3, 0.4) is 0 Å². The van der Waals surface area contributed by atoms with Gasteiger partial charge in [-0.25, -0.2) is 4.79 Å². The van der Waals surface area contributed by atoms with Crippen LogP contribution in [0.25, 0.3) is 11.3 Å². The van der Waals surface area contributed by atoms with Gasteiger partial charge in [-0.05, 0) is 55.6 Å². The molecule has 1 aliphatic heterocycles. The summed E-state index contributed by atoms with van der Waals surface area (Å²) in [6.45, 7) is 0.839. The van der Waals surface area contributed by atoms with Crippen molar-refractivity contribution in [3.8, 4) is 5.75 Å². The van der Waals surface area contributed by atoms with E-state index in [0.717, 1.165) is 17.8 Å². The van der Waals surface area contributed by atoms with Crippen molar-refractivity contribution in [3.63, 3.8) is 0 Å². The largest absolute Gasteiger partial charge is 0.513 e. The van der Waals surface area contributed by atoms with Gasteiger partial charge in [0, 0.05) is 23.5 Å². The molecule has 7 nitrogen and oxygen atoms in total. The maximum atomic E-state index is 13.1. The summed E-state index contributed by atoms with van der Waals surface area (Å²) in [6.07, 6.45) is -0.822. The number of anilines is 2. The summed E-state index contributed by atoms with van der Waals surface area (Å²) >= 11 is 0. The highest BCUT2D eigenvalue weighted by Crippen LogP contribution is 2.39. The lowest BCUT2D eigenvalue weighted by atomic mass is 9.99. The van der Waals surface area contributed by atoms with Gasteiger partial charge in [-0.2, -0.15) is 0 Å². The number of rotatable bonds is 6. The van der Waals surface area contributed by atoms with Gasteiger partial charge in [0.15, 0.2) is 0 Å². The van der Waals surface area contributed by atoms with Crippen molar-refractivity contribution in [2.45, 2.75) is 6.54 Å². The number of fused-ring (bicyclic) bond motifs is 1. The van der Waals surface area contributed by atoms with Crippen molar-refractivity contribution in [3.05, 3.63) is 89.5 Å². The van der Waals surface area contributed by atoms with Crippen LogP contribution in [0.5, 0.6) is 5.75 Å². The molecule has 0 spiro atoms. The first kappa shape index (κ1) is 22.1. The van der Waals surface area contributed by atoms with Gasteiger partial charge in [-0.15, -0.1) is 0 Å². The zero-order valence-corrected chi connectivity index (χ0v) is 18.7. The highest BCUT2D eigenvalue weighted by molar-refractivity contribution is 6.37. The number of carbonyl (C=O) groups excluding carboxylic acids is 2. The summed E-state index contributed by atoms with van der Waals surface area (Å²) in [5.74, 6) is 0.0471. The molecule has 4 rings (SSSR count). The summed E-state index contributed by atoms with van der Waals surface area (Å²) in [4.78, 5) is 26.7. The molecule has 0 atom stereocenters. The first-order valence-electron chi connectivity index (χ1n) is 10.5. The first-order valence-corrected chi connectivity index (χ1v) is 10.5. The van der Waals surface area contributed by atoms with Gasteiger partial charge in [-0.1, -0.05) is 42.5 Å². The van der Waals surface area contributed by atoms with Gasteiger partial charge in [-0.3, -0.25) is 4.79 Å². The van der Waals surface area contributed by atoms with Crippen LogP contribution in [0.2, 0.25) is 0 Å². The molecule has 0 aromatic heterocycles. The zero-order valence-electron chi connectivity index (χ0n) is 18.7. The molecular weight excluding hydrogens is 418 g/mol. The lowest BCUT2D eigenvalue weighted by Crippen LogP contribution is -2.11. The molecule has 1 aliphatic rings. The molecule has 0 saturated carbocycles. The Morgan fingerprint density at radius 1 is 1.00 bits per heavy atom. The minimum absolute atomic E-state index is 0.240. The minimum Gasteiger partial charge on any atom is -0.437 e. The molecule has 0 aliphatic carbocycles. The highest BCUT2D eigenvalue weighted by atomic mass is 16.7. The van der Waals surface area contributed by atoms with Crippen molar-refractivity contribution < 1.29 is 19.1 Å². The maximum absolute atomic E-state index is 13.1. The van der Waals surface area contributed by atoms with Gasteiger partial charge < -0.3 is 25.0 Å². The Bertz CT molecular complexity index is 1200. The molecule has 7 heteroatoms. The van der Waals surface area contributed by atoms with Crippen LogP contribution >= 0.6 is 0 Å². The molecule has 0 radical (unpaired) electrons. The van der Waals surface area contributed by atoms with Gasteiger partial charge in [0.2, 0.25) is 0 Å². The second kappa shape index (κ2) is 9.58. The van der Waals surface area contributed by atoms with E-state index in [1.165, 1.54) is 12.7 Å². The van der Waals surface area contributed by atoms with Crippen LogP contribution in [0.1, 0.15) is 16.7 Å². The summed E-state index contributed by atoms with van der Waals surface area (Å²) in [7, 11) is 5.30. The van der Waals surface area contributed by atoms with E-state index in [1.54, 1.807) is 18.2 Å². The quantitative estimate of drug-likeness (QED) is 0.323. The maximum Gasteiger partial charge on any atom is 0.513 e. The Balaban J connectivity index is 1.78. The molecule has 0 fully saturated rings. The van der Waals surface area contributed by atoms with Crippen LogP contribution in [0.4, 0.5) is 16.2 Å². The van der Waals surface area contributed by atoms with Gasteiger partial charge in [0.1, 0.15) is 5.75 Å². The van der Waals surface area contributed by atoms with Gasteiger partial charge in [0.05, 0.1) is 18.4 Å². The Kier molecular flexibility index (Phi) is 6.42.